The second-order valence-corrected chi connectivity index (χ2v) is 8.47. The van der Waals surface area contributed by atoms with Crippen molar-refractivity contribution in [2.75, 3.05) is 11.0 Å². The third kappa shape index (κ3) is 4.07. The number of rotatable bonds is 5. The predicted molar refractivity (Wildman–Crippen MR) is 110 cm³/mol. The zero-order valence-corrected chi connectivity index (χ0v) is 16.5. The Kier molecular flexibility index (Phi) is 4.94. The van der Waals surface area contributed by atoms with Gasteiger partial charge < -0.3 is 4.42 Å². The smallest absolute Gasteiger partial charge is 0.274 e. The van der Waals surface area contributed by atoms with E-state index in [9.17, 15) is 13.2 Å². The van der Waals surface area contributed by atoms with Crippen LogP contribution < -0.4 is 4.72 Å². The lowest BCUT2D eigenvalue weighted by Crippen LogP contribution is -2.26. The van der Waals surface area contributed by atoms with E-state index >= 15 is 0 Å². The molecule has 0 saturated carbocycles. The molecular formula is C21H19N3O4S. The fraction of sp³-hybridized carbons (Fsp3) is 0.143. The lowest BCUT2D eigenvalue weighted by atomic mass is 10.0. The number of furan rings is 1. The Morgan fingerprint density at radius 2 is 1.79 bits per heavy atom. The number of nitrogens with zero attached hydrogens (tertiary/aromatic N) is 2. The Labute approximate surface area is 168 Å². The van der Waals surface area contributed by atoms with Gasteiger partial charge in [-0.1, -0.05) is 36.4 Å². The van der Waals surface area contributed by atoms with Gasteiger partial charge in [0.15, 0.2) is 0 Å². The minimum Gasteiger partial charge on any atom is -0.467 e. The zero-order chi connectivity index (χ0) is 20.4. The van der Waals surface area contributed by atoms with Crippen LogP contribution in [0.3, 0.4) is 0 Å². The lowest BCUT2D eigenvalue weighted by molar-refractivity contribution is 0.0693. The molecule has 0 radical (unpaired) electrons. The van der Waals surface area contributed by atoms with E-state index < -0.39 is 16.1 Å². The molecule has 1 aliphatic rings. The van der Waals surface area contributed by atoms with E-state index in [0.29, 0.717) is 34.7 Å². The monoisotopic (exact) mass is 409 g/mol. The minimum atomic E-state index is -3.46. The Morgan fingerprint density at radius 1 is 1.07 bits per heavy atom. The largest absolute Gasteiger partial charge is 0.467 e. The average Bonchev–Trinajstić information content (AvgIpc) is 3.37. The molecule has 1 aliphatic heterocycles. The summed E-state index contributed by atoms with van der Waals surface area (Å²) in [5.41, 5.74) is 2.15. The highest BCUT2D eigenvalue weighted by molar-refractivity contribution is 7.92. The number of nitrogens with one attached hydrogen (secondary N) is 1. The standard InChI is InChI=1S/C21H19N3O4S/c1-29(26,27)23-17-11-6-5-10-16(17)18-14-19(20-12-7-13-28-20)24(22-18)21(25)15-8-3-2-4-9-15/h2-13,19,23H,14H2,1H3/t19-/m0/s1. The highest BCUT2D eigenvalue weighted by atomic mass is 32.2. The third-order valence-electron chi connectivity index (χ3n) is 4.54. The Hall–Kier alpha value is -3.39. The predicted octanol–water partition coefficient (Wildman–Crippen LogP) is 3.64. The summed E-state index contributed by atoms with van der Waals surface area (Å²) >= 11 is 0. The second-order valence-electron chi connectivity index (χ2n) is 6.72. The fourth-order valence-electron chi connectivity index (χ4n) is 3.30. The van der Waals surface area contributed by atoms with E-state index in [0.717, 1.165) is 6.26 Å². The first-order chi connectivity index (χ1) is 13.9. The second kappa shape index (κ2) is 7.56. The first-order valence-corrected chi connectivity index (χ1v) is 10.9. The number of hydrogen-bond donors (Lipinski definition) is 1. The fourth-order valence-corrected chi connectivity index (χ4v) is 3.88. The van der Waals surface area contributed by atoms with Gasteiger partial charge in [-0.3, -0.25) is 9.52 Å². The van der Waals surface area contributed by atoms with Crippen LogP contribution in [0.15, 0.2) is 82.5 Å². The summed E-state index contributed by atoms with van der Waals surface area (Å²) in [6, 6.07) is 19.0. The van der Waals surface area contributed by atoms with Gasteiger partial charge in [0.25, 0.3) is 5.91 Å². The van der Waals surface area contributed by atoms with Crippen molar-refractivity contribution in [2.45, 2.75) is 12.5 Å². The third-order valence-corrected chi connectivity index (χ3v) is 5.13. The van der Waals surface area contributed by atoms with Crippen molar-refractivity contribution in [3.63, 3.8) is 0 Å². The van der Waals surface area contributed by atoms with E-state index in [4.69, 9.17) is 4.42 Å². The van der Waals surface area contributed by atoms with Gasteiger partial charge in [0.05, 0.1) is 23.9 Å². The van der Waals surface area contributed by atoms with Crippen LogP contribution in [0.5, 0.6) is 0 Å². The van der Waals surface area contributed by atoms with E-state index in [1.165, 1.54) is 5.01 Å². The SMILES string of the molecule is CS(=O)(=O)Nc1ccccc1C1=NN(C(=O)c2ccccc2)[C@H](c2ccco2)C1. The van der Waals surface area contributed by atoms with Crippen molar-refractivity contribution >= 4 is 27.3 Å². The minimum absolute atomic E-state index is 0.254. The zero-order valence-electron chi connectivity index (χ0n) is 15.6. The number of carbonyl (C=O) groups is 1. The van der Waals surface area contributed by atoms with E-state index in [-0.39, 0.29) is 5.91 Å². The Bertz CT molecular complexity index is 1160. The molecule has 1 amide bonds. The molecule has 1 N–H and O–H groups in total. The molecule has 0 aliphatic carbocycles. The lowest BCUT2D eigenvalue weighted by Gasteiger charge is -2.19. The maximum absolute atomic E-state index is 13.1. The topological polar surface area (TPSA) is 92.0 Å². The number of carbonyl (C=O) groups excluding carboxylic acids is 1. The van der Waals surface area contributed by atoms with Gasteiger partial charge in [-0.15, -0.1) is 0 Å². The van der Waals surface area contributed by atoms with Crippen LogP contribution in [-0.2, 0) is 10.0 Å². The summed E-state index contributed by atoms with van der Waals surface area (Å²) in [6.07, 6.45) is 3.04. The maximum Gasteiger partial charge on any atom is 0.274 e. The van der Waals surface area contributed by atoms with Gasteiger partial charge >= 0.3 is 0 Å². The molecule has 0 fully saturated rings. The molecule has 4 rings (SSSR count). The average molecular weight is 409 g/mol. The van der Waals surface area contributed by atoms with Crippen molar-refractivity contribution in [3.8, 4) is 0 Å². The molecule has 29 heavy (non-hydrogen) atoms. The van der Waals surface area contributed by atoms with E-state index in [2.05, 4.69) is 9.82 Å². The molecule has 0 saturated heterocycles. The van der Waals surface area contributed by atoms with Gasteiger partial charge in [0.2, 0.25) is 10.0 Å². The summed E-state index contributed by atoms with van der Waals surface area (Å²) in [5, 5.41) is 5.97. The summed E-state index contributed by atoms with van der Waals surface area (Å²) in [4.78, 5) is 13.1. The number of anilines is 1. The molecule has 3 aromatic rings. The van der Waals surface area contributed by atoms with Crippen molar-refractivity contribution in [1.29, 1.82) is 0 Å². The van der Waals surface area contributed by atoms with Crippen molar-refractivity contribution in [2.24, 2.45) is 5.10 Å². The van der Waals surface area contributed by atoms with Crippen molar-refractivity contribution in [3.05, 3.63) is 89.9 Å². The molecule has 0 unspecified atom stereocenters. The Balaban J connectivity index is 1.75. The molecule has 2 aromatic carbocycles. The molecule has 148 valence electrons. The van der Waals surface area contributed by atoms with Gasteiger partial charge in [0, 0.05) is 17.5 Å². The Morgan fingerprint density at radius 3 is 2.48 bits per heavy atom. The van der Waals surface area contributed by atoms with E-state index in [1.54, 1.807) is 66.9 Å². The van der Waals surface area contributed by atoms with Gasteiger partial charge in [-0.2, -0.15) is 5.10 Å². The first-order valence-electron chi connectivity index (χ1n) is 8.99. The van der Waals surface area contributed by atoms with Crippen LogP contribution in [0.1, 0.15) is 34.1 Å². The van der Waals surface area contributed by atoms with Crippen LogP contribution in [0, 0.1) is 0 Å². The van der Waals surface area contributed by atoms with Crippen LogP contribution in [-0.4, -0.2) is 31.3 Å². The van der Waals surface area contributed by atoms with Crippen LogP contribution in [0.4, 0.5) is 5.69 Å². The van der Waals surface area contributed by atoms with Crippen molar-refractivity contribution < 1.29 is 17.6 Å². The van der Waals surface area contributed by atoms with Gasteiger partial charge in [0.1, 0.15) is 11.8 Å². The summed E-state index contributed by atoms with van der Waals surface area (Å²) in [7, 11) is -3.46. The number of sulfonamides is 1. The molecule has 7 nitrogen and oxygen atoms in total. The number of hydrogen-bond acceptors (Lipinski definition) is 5. The normalized spacial score (nSPS) is 16.5. The van der Waals surface area contributed by atoms with Gasteiger partial charge in [-0.05, 0) is 30.3 Å². The molecule has 8 heteroatoms. The maximum atomic E-state index is 13.1. The summed E-state index contributed by atoms with van der Waals surface area (Å²) in [6.45, 7) is 0. The van der Waals surface area contributed by atoms with Crippen LogP contribution >= 0.6 is 0 Å². The number of benzene rings is 2. The summed E-state index contributed by atoms with van der Waals surface area (Å²) < 4.78 is 31.6. The number of amides is 1. The molecule has 0 spiro atoms. The van der Waals surface area contributed by atoms with Crippen LogP contribution in [0.2, 0.25) is 0 Å². The van der Waals surface area contributed by atoms with E-state index in [1.807, 2.05) is 6.07 Å². The molecule has 2 heterocycles. The van der Waals surface area contributed by atoms with Crippen LogP contribution in [0.25, 0.3) is 0 Å². The number of hydrazone groups is 1. The number of para-hydroxylation sites is 1. The molecule has 1 aromatic heterocycles. The van der Waals surface area contributed by atoms with Gasteiger partial charge in [-0.25, -0.2) is 13.4 Å². The molecule has 1 atom stereocenters. The first kappa shape index (κ1) is 18.9. The molecular weight excluding hydrogens is 390 g/mol. The highest BCUT2D eigenvalue weighted by Gasteiger charge is 2.36. The quantitative estimate of drug-likeness (QED) is 0.696. The summed E-state index contributed by atoms with van der Waals surface area (Å²) in [5.74, 6) is 0.358. The highest BCUT2D eigenvalue weighted by Crippen LogP contribution is 2.35. The van der Waals surface area contributed by atoms with Crippen molar-refractivity contribution in [1.82, 2.24) is 5.01 Å². The molecule has 0 bridgehead atoms.